The zero-order chi connectivity index (χ0) is 12.0. The topological polar surface area (TPSA) is 81.8 Å². The molecule has 6 heteroatoms. The summed E-state index contributed by atoms with van der Waals surface area (Å²) in [5, 5.41) is 10.8. The molecule has 0 aromatic heterocycles. The summed E-state index contributed by atoms with van der Waals surface area (Å²) in [7, 11) is 1.44. The van der Waals surface area contributed by atoms with Gasteiger partial charge in [0.05, 0.1) is 24.6 Å². The molecule has 84 valence electrons. The van der Waals surface area contributed by atoms with Gasteiger partial charge in [-0.05, 0) is 18.6 Å². The maximum absolute atomic E-state index is 10.8. The third kappa shape index (κ3) is 2.90. The van der Waals surface area contributed by atoms with E-state index in [4.69, 9.17) is 4.74 Å². The second kappa shape index (κ2) is 5.63. The van der Waals surface area contributed by atoms with E-state index in [2.05, 4.69) is 4.99 Å². The third-order valence-electron chi connectivity index (χ3n) is 2.05. The Morgan fingerprint density at radius 2 is 2.31 bits per heavy atom. The number of aliphatic imine (C=N–C) groups is 1. The van der Waals surface area contributed by atoms with Crippen molar-refractivity contribution in [2.24, 2.45) is 4.99 Å². The van der Waals surface area contributed by atoms with Crippen LogP contribution in [-0.4, -0.2) is 24.7 Å². The molecule has 0 bridgehead atoms. The van der Waals surface area contributed by atoms with Crippen molar-refractivity contribution < 1.29 is 14.5 Å². The highest BCUT2D eigenvalue weighted by Crippen LogP contribution is 2.24. The van der Waals surface area contributed by atoms with Gasteiger partial charge in [0.1, 0.15) is 5.75 Å². The monoisotopic (exact) mass is 222 g/mol. The van der Waals surface area contributed by atoms with Gasteiger partial charge in [-0.3, -0.25) is 10.1 Å². The fraction of sp³-hybridized carbons (Fsp3) is 0.300. The Bertz CT molecular complexity index is 438. The molecule has 0 unspecified atom stereocenters. The quantitative estimate of drug-likeness (QED) is 0.327. The van der Waals surface area contributed by atoms with E-state index in [-0.39, 0.29) is 12.2 Å². The maximum atomic E-state index is 10.8. The van der Waals surface area contributed by atoms with E-state index in [1.807, 2.05) is 0 Å². The van der Waals surface area contributed by atoms with Crippen molar-refractivity contribution in [2.75, 3.05) is 13.7 Å². The summed E-state index contributed by atoms with van der Waals surface area (Å²) < 4.78 is 4.90. The first kappa shape index (κ1) is 11.9. The molecule has 0 amide bonds. The second-order valence-corrected chi connectivity index (χ2v) is 2.97. The molecule has 16 heavy (non-hydrogen) atoms. The highest BCUT2D eigenvalue weighted by molar-refractivity contribution is 5.46. The summed E-state index contributed by atoms with van der Waals surface area (Å²) in [4.78, 5) is 23.5. The smallest absolute Gasteiger partial charge is 0.276 e. The van der Waals surface area contributed by atoms with Crippen molar-refractivity contribution in [3.05, 3.63) is 33.9 Å². The van der Waals surface area contributed by atoms with Crippen LogP contribution in [0, 0.1) is 10.1 Å². The minimum Gasteiger partial charge on any atom is -0.497 e. The normalized spacial score (nSPS) is 9.31. The highest BCUT2D eigenvalue weighted by atomic mass is 16.6. The molecule has 0 saturated carbocycles. The molecule has 0 aliphatic rings. The van der Waals surface area contributed by atoms with Crippen LogP contribution in [0.5, 0.6) is 5.75 Å². The molecule has 0 atom stereocenters. The summed E-state index contributed by atoms with van der Waals surface area (Å²) in [6.07, 6.45) is 1.72. The number of carbonyl (C=O) groups excluding carboxylic acids is 1. The molecule has 6 nitrogen and oxygen atoms in total. The Hall–Kier alpha value is -2.20. The number of methoxy groups -OCH3 is 1. The minimum absolute atomic E-state index is 0.0274. The average molecular weight is 222 g/mol. The van der Waals surface area contributed by atoms with Crippen LogP contribution in [0.3, 0.4) is 0 Å². The van der Waals surface area contributed by atoms with Crippen molar-refractivity contribution in [2.45, 2.75) is 6.42 Å². The SMILES string of the molecule is COc1ccc(CCN=C=O)c([N+](=O)[O-])c1. The Morgan fingerprint density at radius 1 is 1.56 bits per heavy atom. The lowest BCUT2D eigenvalue weighted by molar-refractivity contribution is -0.385. The van der Waals surface area contributed by atoms with Crippen LogP contribution in [-0.2, 0) is 11.2 Å². The van der Waals surface area contributed by atoms with E-state index >= 15 is 0 Å². The lowest BCUT2D eigenvalue weighted by atomic mass is 10.1. The molecule has 0 saturated heterocycles. The van der Waals surface area contributed by atoms with E-state index in [0.29, 0.717) is 17.7 Å². The Labute approximate surface area is 91.7 Å². The standard InChI is InChI=1S/C10H10N2O4/c1-16-9-3-2-8(4-5-11-7-13)10(6-9)12(14)15/h2-3,6H,4-5H2,1H3. The van der Waals surface area contributed by atoms with E-state index < -0.39 is 4.92 Å². The predicted molar refractivity (Wildman–Crippen MR) is 56.3 cm³/mol. The molecular weight excluding hydrogens is 212 g/mol. The van der Waals surface area contributed by atoms with Gasteiger partial charge in [0.2, 0.25) is 6.08 Å². The van der Waals surface area contributed by atoms with Crippen LogP contribution in [0.4, 0.5) is 5.69 Å². The minimum atomic E-state index is -0.484. The number of hydrogen-bond acceptors (Lipinski definition) is 5. The predicted octanol–water partition coefficient (Wildman–Crippen LogP) is 1.48. The molecule has 0 heterocycles. The van der Waals surface area contributed by atoms with Crippen LogP contribution in [0.15, 0.2) is 23.2 Å². The molecule has 1 aromatic carbocycles. The number of nitrogens with zero attached hydrogens (tertiary/aromatic N) is 2. The van der Waals surface area contributed by atoms with Crippen molar-refractivity contribution in [3.63, 3.8) is 0 Å². The molecule has 0 N–H and O–H groups in total. The van der Waals surface area contributed by atoms with Crippen molar-refractivity contribution >= 4 is 11.8 Å². The summed E-state index contributed by atoms with van der Waals surface area (Å²) in [5.74, 6) is 0.425. The largest absolute Gasteiger partial charge is 0.497 e. The van der Waals surface area contributed by atoms with Gasteiger partial charge in [0, 0.05) is 5.56 Å². The van der Waals surface area contributed by atoms with E-state index in [9.17, 15) is 14.9 Å². The van der Waals surface area contributed by atoms with Crippen molar-refractivity contribution in [3.8, 4) is 5.75 Å². The Kier molecular flexibility index (Phi) is 4.17. The average Bonchev–Trinajstić information content (AvgIpc) is 2.29. The molecule has 1 rings (SSSR count). The zero-order valence-electron chi connectivity index (χ0n) is 8.67. The van der Waals surface area contributed by atoms with Gasteiger partial charge in [0.15, 0.2) is 0 Å². The first-order valence-electron chi connectivity index (χ1n) is 4.54. The van der Waals surface area contributed by atoms with Gasteiger partial charge in [-0.15, -0.1) is 0 Å². The Morgan fingerprint density at radius 3 is 2.88 bits per heavy atom. The summed E-state index contributed by atoms with van der Waals surface area (Å²) in [5.41, 5.74) is 0.491. The van der Waals surface area contributed by atoms with E-state index in [1.54, 1.807) is 12.1 Å². The van der Waals surface area contributed by atoms with E-state index in [0.717, 1.165) is 0 Å². The number of ether oxygens (including phenoxy) is 1. The first-order chi connectivity index (χ1) is 7.69. The van der Waals surface area contributed by atoms with Gasteiger partial charge in [0.25, 0.3) is 5.69 Å². The lowest BCUT2D eigenvalue weighted by Gasteiger charge is -2.03. The van der Waals surface area contributed by atoms with Crippen LogP contribution >= 0.6 is 0 Å². The van der Waals surface area contributed by atoms with Crippen LogP contribution in [0.2, 0.25) is 0 Å². The van der Waals surface area contributed by atoms with Crippen LogP contribution in [0.1, 0.15) is 5.56 Å². The fourth-order valence-corrected chi connectivity index (χ4v) is 1.27. The third-order valence-corrected chi connectivity index (χ3v) is 2.05. The molecule has 0 spiro atoms. The molecular formula is C10H10N2O4. The number of isocyanates is 1. The van der Waals surface area contributed by atoms with E-state index in [1.165, 1.54) is 19.3 Å². The molecule has 1 aromatic rings. The number of benzene rings is 1. The lowest BCUT2D eigenvalue weighted by Crippen LogP contribution is -1.98. The van der Waals surface area contributed by atoms with Gasteiger partial charge in [-0.1, -0.05) is 0 Å². The van der Waals surface area contributed by atoms with Crippen LogP contribution in [0.25, 0.3) is 0 Å². The van der Waals surface area contributed by atoms with Crippen LogP contribution < -0.4 is 4.74 Å². The molecule has 0 aliphatic carbocycles. The van der Waals surface area contributed by atoms with Gasteiger partial charge >= 0.3 is 0 Å². The summed E-state index contributed by atoms with van der Waals surface area (Å²) in [6.45, 7) is 0.191. The Balaban J connectivity index is 2.98. The first-order valence-corrected chi connectivity index (χ1v) is 4.54. The zero-order valence-corrected chi connectivity index (χ0v) is 8.67. The van der Waals surface area contributed by atoms with Gasteiger partial charge in [-0.25, -0.2) is 9.79 Å². The van der Waals surface area contributed by atoms with Crippen molar-refractivity contribution in [1.29, 1.82) is 0 Å². The number of rotatable bonds is 5. The highest BCUT2D eigenvalue weighted by Gasteiger charge is 2.14. The fourth-order valence-electron chi connectivity index (χ4n) is 1.27. The molecule has 0 fully saturated rings. The van der Waals surface area contributed by atoms with Gasteiger partial charge < -0.3 is 4.74 Å². The van der Waals surface area contributed by atoms with Crippen molar-refractivity contribution in [1.82, 2.24) is 0 Å². The summed E-state index contributed by atoms with van der Waals surface area (Å²) >= 11 is 0. The summed E-state index contributed by atoms with van der Waals surface area (Å²) in [6, 6.07) is 4.57. The molecule has 0 aliphatic heterocycles. The molecule has 0 radical (unpaired) electrons. The number of hydrogen-bond donors (Lipinski definition) is 0. The second-order valence-electron chi connectivity index (χ2n) is 2.97. The maximum Gasteiger partial charge on any atom is 0.276 e. The number of nitro groups is 1. The number of nitro benzene ring substituents is 1. The van der Waals surface area contributed by atoms with Gasteiger partial charge in [-0.2, -0.15) is 0 Å².